The van der Waals surface area contributed by atoms with Crippen molar-refractivity contribution in [3.63, 3.8) is 0 Å². The molecule has 2 aromatic carbocycles. The van der Waals surface area contributed by atoms with Crippen LogP contribution < -0.4 is 10.1 Å². The quantitative estimate of drug-likeness (QED) is 0.611. The lowest BCUT2D eigenvalue weighted by Gasteiger charge is -2.07. The lowest BCUT2D eigenvalue weighted by atomic mass is 10.2. The second-order valence-corrected chi connectivity index (χ2v) is 4.55. The molecule has 0 aromatic heterocycles. The number of hydrogen-bond donors (Lipinski definition) is 1. The third kappa shape index (κ3) is 6.17. The number of hydrogen-bond acceptors (Lipinski definition) is 4. The number of nitrogens with zero attached hydrogens (tertiary/aromatic N) is 1. The summed E-state index contributed by atoms with van der Waals surface area (Å²) in [5.41, 5.74) is 1.74. The summed E-state index contributed by atoms with van der Waals surface area (Å²) < 4.78 is 28.3. The maximum Gasteiger partial charge on any atom is 0.387 e. The van der Waals surface area contributed by atoms with Crippen LogP contribution >= 0.6 is 12.4 Å². The molecule has 0 amide bonds. The Hall–Kier alpha value is -2.25. The molecule has 0 spiro atoms. The normalized spacial score (nSPS) is 10.2. The summed E-state index contributed by atoms with van der Waals surface area (Å²) >= 11 is 0. The molecule has 0 radical (unpaired) electrons. The van der Waals surface area contributed by atoms with Gasteiger partial charge in [0.15, 0.2) is 0 Å². The third-order valence-electron chi connectivity index (χ3n) is 2.93. The number of nitro benzene ring substituents is 1. The van der Waals surface area contributed by atoms with Crippen LogP contribution in [0.3, 0.4) is 0 Å². The number of benzene rings is 2. The SMILES string of the molecule is Cl.O=[N+]([O-])c1cccc(CNCc2ccc(OC(F)F)cc2)c1. The minimum atomic E-state index is -2.84. The number of nitrogens with one attached hydrogen (secondary N) is 1. The maximum atomic E-state index is 12.0. The van der Waals surface area contributed by atoms with E-state index < -0.39 is 11.5 Å². The highest BCUT2D eigenvalue weighted by Gasteiger charge is 2.06. The molecular weight excluding hydrogens is 330 g/mol. The molecule has 0 atom stereocenters. The Labute approximate surface area is 137 Å². The van der Waals surface area contributed by atoms with Gasteiger partial charge in [-0.3, -0.25) is 10.1 Å². The smallest absolute Gasteiger partial charge is 0.387 e. The molecule has 0 aliphatic rings. The van der Waals surface area contributed by atoms with Crippen molar-refractivity contribution in [1.82, 2.24) is 5.32 Å². The highest BCUT2D eigenvalue weighted by molar-refractivity contribution is 5.85. The molecule has 1 N–H and O–H groups in total. The van der Waals surface area contributed by atoms with E-state index in [9.17, 15) is 18.9 Å². The van der Waals surface area contributed by atoms with Crippen LogP contribution in [0.1, 0.15) is 11.1 Å². The Morgan fingerprint density at radius 2 is 1.74 bits per heavy atom. The lowest BCUT2D eigenvalue weighted by Crippen LogP contribution is -2.12. The van der Waals surface area contributed by atoms with Gasteiger partial charge in [-0.15, -0.1) is 12.4 Å². The molecule has 8 heteroatoms. The topological polar surface area (TPSA) is 64.4 Å². The van der Waals surface area contributed by atoms with E-state index in [-0.39, 0.29) is 23.8 Å². The Morgan fingerprint density at radius 3 is 2.35 bits per heavy atom. The number of alkyl halides is 2. The van der Waals surface area contributed by atoms with Crippen LogP contribution in [-0.4, -0.2) is 11.5 Å². The van der Waals surface area contributed by atoms with Gasteiger partial charge in [-0.1, -0.05) is 24.3 Å². The van der Waals surface area contributed by atoms with E-state index in [4.69, 9.17) is 0 Å². The van der Waals surface area contributed by atoms with Crippen LogP contribution in [0.15, 0.2) is 48.5 Å². The average molecular weight is 345 g/mol. The number of non-ortho nitro benzene ring substituents is 1. The Kier molecular flexibility index (Phi) is 7.37. The van der Waals surface area contributed by atoms with E-state index in [1.54, 1.807) is 24.3 Å². The van der Waals surface area contributed by atoms with Crippen LogP contribution in [0, 0.1) is 10.1 Å². The van der Waals surface area contributed by atoms with E-state index in [0.29, 0.717) is 13.1 Å². The molecule has 0 unspecified atom stereocenters. The summed E-state index contributed by atoms with van der Waals surface area (Å²) in [6.07, 6.45) is 0. The molecule has 0 heterocycles. The van der Waals surface area contributed by atoms with E-state index in [1.165, 1.54) is 24.3 Å². The minimum Gasteiger partial charge on any atom is -0.435 e. The summed E-state index contributed by atoms with van der Waals surface area (Å²) in [4.78, 5) is 10.2. The molecule has 2 rings (SSSR count). The first-order chi connectivity index (χ1) is 10.5. The molecule has 0 saturated carbocycles. The van der Waals surface area contributed by atoms with Gasteiger partial charge in [-0.05, 0) is 23.3 Å². The van der Waals surface area contributed by atoms with Gasteiger partial charge in [0.05, 0.1) is 4.92 Å². The average Bonchev–Trinajstić information content (AvgIpc) is 2.49. The second-order valence-electron chi connectivity index (χ2n) is 4.55. The van der Waals surface area contributed by atoms with Crippen LogP contribution in [0.25, 0.3) is 0 Å². The fraction of sp³-hybridized carbons (Fsp3) is 0.200. The molecule has 0 bridgehead atoms. The van der Waals surface area contributed by atoms with Crippen molar-refractivity contribution >= 4 is 18.1 Å². The van der Waals surface area contributed by atoms with E-state index in [0.717, 1.165) is 11.1 Å². The molecule has 5 nitrogen and oxygen atoms in total. The van der Waals surface area contributed by atoms with Crippen molar-refractivity contribution in [2.75, 3.05) is 0 Å². The van der Waals surface area contributed by atoms with Crippen LogP contribution in [0.5, 0.6) is 5.75 Å². The lowest BCUT2D eigenvalue weighted by molar-refractivity contribution is -0.384. The molecule has 0 fully saturated rings. The zero-order chi connectivity index (χ0) is 15.9. The fourth-order valence-corrected chi connectivity index (χ4v) is 1.92. The first-order valence-corrected chi connectivity index (χ1v) is 6.52. The summed E-state index contributed by atoms with van der Waals surface area (Å²) in [5.74, 6) is 0.109. The van der Waals surface area contributed by atoms with E-state index in [2.05, 4.69) is 10.1 Å². The van der Waals surface area contributed by atoms with Crippen molar-refractivity contribution in [1.29, 1.82) is 0 Å². The number of rotatable bonds is 7. The van der Waals surface area contributed by atoms with Crippen molar-refractivity contribution in [2.24, 2.45) is 0 Å². The Morgan fingerprint density at radius 1 is 1.09 bits per heavy atom. The standard InChI is InChI=1S/C15H14F2N2O3.ClH/c16-15(17)22-14-6-4-11(5-7-14)9-18-10-12-2-1-3-13(8-12)19(20)21;/h1-8,15,18H,9-10H2;1H. The van der Waals surface area contributed by atoms with E-state index >= 15 is 0 Å². The summed E-state index contributed by atoms with van der Waals surface area (Å²) in [6.45, 7) is -1.85. The van der Waals surface area contributed by atoms with Crippen molar-refractivity contribution < 1.29 is 18.4 Å². The van der Waals surface area contributed by atoms with Crippen LogP contribution in [0.4, 0.5) is 14.5 Å². The van der Waals surface area contributed by atoms with Gasteiger partial charge in [0.25, 0.3) is 5.69 Å². The van der Waals surface area contributed by atoms with Crippen molar-refractivity contribution in [3.05, 3.63) is 69.8 Å². The molecule has 0 aliphatic carbocycles. The van der Waals surface area contributed by atoms with Gasteiger partial charge in [-0.2, -0.15) is 8.78 Å². The summed E-state index contributed by atoms with van der Waals surface area (Å²) in [7, 11) is 0. The first kappa shape index (κ1) is 18.8. The maximum absolute atomic E-state index is 12.0. The zero-order valence-corrected chi connectivity index (χ0v) is 12.8. The van der Waals surface area contributed by atoms with Gasteiger partial charge in [-0.25, -0.2) is 0 Å². The fourth-order valence-electron chi connectivity index (χ4n) is 1.92. The van der Waals surface area contributed by atoms with Gasteiger partial charge in [0.2, 0.25) is 0 Å². The second kappa shape index (κ2) is 9.02. The Bertz CT molecular complexity index is 639. The molecular formula is C15H15ClF2N2O3. The summed E-state index contributed by atoms with van der Waals surface area (Å²) in [5, 5.41) is 13.8. The van der Waals surface area contributed by atoms with Gasteiger partial charge >= 0.3 is 6.61 Å². The molecule has 124 valence electrons. The zero-order valence-electron chi connectivity index (χ0n) is 11.9. The van der Waals surface area contributed by atoms with Crippen molar-refractivity contribution in [3.8, 4) is 5.75 Å². The van der Waals surface area contributed by atoms with Gasteiger partial charge in [0.1, 0.15) is 5.75 Å². The molecule has 2 aromatic rings. The van der Waals surface area contributed by atoms with Gasteiger partial charge in [0, 0.05) is 25.2 Å². The minimum absolute atomic E-state index is 0. The third-order valence-corrected chi connectivity index (χ3v) is 2.93. The molecule has 23 heavy (non-hydrogen) atoms. The van der Waals surface area contributed by atoms with Gasteiger partial charge < -0.3 is 10.1 Å². The highest BCUT2D eigenvalue weighted by Crippen LogP contribution is 2.15. The van der Waals surface area contributed by atoms with Crippen LogP contribution in [-0.2, 0) is 13.1 Å². The summed E-state index contributed by atoms with van der Waals surface area (Å²) in [6, 6.07) is 12.7. The number of ether oxygens (including phenoxy) is 1. The monoisotopic (exact) mass is 344 g/mol. The van der Waals surface area contributed by atoms with Crippen molar-refractivity contribution in [2.45, 2.75) is 19.7 Å². The molecule has 0 saturated heterocycles. The largest absolute Gasteiger partial charge is 0.435 e. The first-order valence-electron chi connectivity index (χ1n) is 6.52. The molecule has 0 aliphatic heterocycles. The van der Waals surface area contributed by atoms with E-state index in [1.807, 2.05) is 0 Å². The number of halogens is 3. The Balaban J connectivity index is 0.00000264. The highest BCUT2D eigenvalue weighted by atomic mass is 35.5. The van der Waals surface area contributed by atoms with Crippen LogP contribution in [0.2, 0.25) is 0 Å². The number of nitro groups is 1. The predicted octanol–water partition coefficient (Wildman–Crippen LogP) is 3.91. The predicted molar refractivity (Wildman–Crippen MR) is 84.0 cm³/mol.